The molecule has 1 N–H and O–H groups in total. The molecule has 1 aromatic rings. The summed E-state index contributed by atoms with van der Waals surface area (Å²) < 4.78 is 0. The van der Waals surface area contributed by atoms with E-state index in [1.807, 2.05) is 0 Å². The van der Waals surface area contributed by atoms with Crippen molar-refractivity contribution in [1.29, 1.82) is 0 Å². The van der Waals surface area contributed by atoms with Gasteiger partial charge < -0.3 is 5.11 Å². The third-order valence-corrected chi connectivity index (χ3v) is 3.52. The molecule has 0 saturated carbocycles. The molecule has 0 atom stereocenters. The number of aliphatic carboxylic acids is 1. The summed E-state index contributed by atoms with van der Waals surface area (Å²) in [6, 6.07) is 6.86. The fourth-order valence-corrected chi connectivity index (χ4v) is 2.56. The van der Waals surface area contributed by atoms with E-state index >= 15 is 0 Å². The van der Waals surface area contributed by atoms with Gasteiger partial charge in [0.05, 0.1) is 0 Å². The Kier molecular flexibility index (Phi) is 4.18. The molecule has 0 aliphatic heterocycles. The lowest BCUT2D eigenvalue weighted by atomic mass is 10.0. The summed E-state index contributed by atoms with van der Waals surface area (Å²) in [5.74, 6) is -0.678. The van der Waals surface area contributed by atoms with Gasteiger partial charge >= 0.3 is 5.97 Å². The number of hydrogen-bond acceptors (Lipinski definition) is 1. The van der Waals surface area contributed by atoms with Crippen LogP contribution in [-0.4, -0.2) is 11.1 Å². The van der Waals surface area contributed by atoms with Crippen molar-refractivity contribution in [3.8, 4) is 0 Å². The maximum absolute atomic E-state index is 10.4. The van der Waals surface area contributed by atoms with E-state index < -0.39 is 5.97 Å². The molecule has 1 aliphatic rings. The summed E-state index contributed by atoms with van der Waals surface area (Å²) in [5, 5.41) is 8.54. The molecule has 1 aromatic carbocycles. The van der Waals surface area contributed by atoms with Gasteiger partial charge in [-0.25, -0.2) is 0 Å². The second-order valence-corrected chi connectivity index (χ2v) is 4.91. The van der Waals surface area contributed by atoms with E-state index in [9.17, 15) is 4.79 Å². The van der Waals surface area contributed by atoms with Crippen LogP contribution >= 0.6 is 0 Å². The van der Waals surface area contributed by atoms with Gasteiger partial charge in [0.1, 0.15) is 0 Å². The molecule has 2 heteroatoms. The molecular formula is C15H20O2. The standard InChI is InChI=1S/C15H20O2/c16-15(17)8-3-1-2-5-12-9-10-13-6-4-7-14(13)11-12/h9-11H,1-8H2,(H,16,17). The van der Waals surface area contributed by atoms with Crippen LogP contribution in [0.25, 0.3) is 0 Å². The first-order valence-electron chi connectivity index (χ1n) is 6.58. The van der Waals surface area contributed by atoms with Crippen LogP contribution in [-0.2, 0) is 24.1 Å². The monoisotopic (exact) mass is 232 g/mol. The van der Waals surface area contributed by atoms with E-state index in [-0.39, 0.29) is 0 Å². The first kappa shape index (κ1) is 12.2. The number of fused-ring (bicyclic) bond motifs is 1. The van der Waals surface area contributed by atoms with Crippen molar-refractivity contribution in [2.45, 2.75) is 51.4 Å². The molecule has 2 nitrogen and oxygen atoms in total. The predicted octanol–water partition coefficient (Wildman–Crippen LogP) is 3.36. The Morgan fingerprint density at radius 1 is 1.12 bits per heavy atom. The largest absolute Gasteiger partial charge is 0.481 e. The van der Waals surface area contributed by atoms with Crippen LogP contribution in [0.3, 0.4) is 0 Å². The lowest BCUT2D eigenvalue weighted by Crippen LogP contribution is -1.94. The third kappa shape index (κ3) is 3.58. The molecule has 0 saturated heterocycles. The van der Waals surface area contributed by atoms with E-state index in [1.54, 1.807) is 0 Å². The number of unbranched alkanes of at least 4 members (excludes halogenated alkanes) is 2. The Labute approximate surface area is 103 Å². The second-order valence-electron chi connectivity index (χ2n) is 4.91. The Morgan fingerprint density at radius 2 is 1.94 bits per heavy atom. The average Bonchev–Trinajstić information content (AvgIpc) is 2.75. The van der Waals surface area contributed by atoms with Crippen LogP contribution < -0.4 is 0 Å². The summed E-state index contributed by atoms with van der Waals surface area (Å²) in [6.07, 6.45) is 8.11. The number of carboxylic acid groups (broad SMARTS) is 1. The SMILES string of the molecule is O=C(O)CCCCCc1ccc2c(c1)CCC2. The Bertz CT molecular complexity index is 396. The highest BCUT2D eigenvalue weighted by molar-refractivity contribution is 5.66. The molecule has 17 heavy (non-hydrogen) atoms. The molecule has 0 bridgehead atoms. The van der Waals surface area contributed by atoms with E-state index in [0.29, 0.717) is 6.42 Å². The van der Waals surface area contributed by atoms with E-state index in [0.717, 1.165) is 25.7 Å². The molecule has 0 spiro atoms. The minimum Gasteiger partial charge on any atom is -0.481 e. The van der Waals surface area contributed by atoms with Crippen LogP contribution in [0.4, 0.5) is 0 Å². The maximum atomic E-state index is 10.4. The number of benzene rings is 1. The fourth-order valence-electron chi connectivity index (χ4n) is 2.56. The average molecular weight is 232 g/mol. The van der Waals surface area contributed by atoms with E-state index in [1.165, 1.54) is 36.0 Å². The third-order valence-electron chi connectivity index (χ3n) is 3.52. The summed E-state index contributed by atoms with van der Waals surface area (Å²) in [5.41, 5.74) is 4.48. The maximum Gasteiger partial charge on any atom is 0.303 e. The smallest absolute Gasteiger partial charge is 0.303 e. The Balaban J connectivity index is 1.74. The van der Waals surface area contributed by atoms with E-state index in [4.69, 9.17) is 5.11 Å². The van der Waals surface area contributed by atoms with Gasteiger partial charge in [0, 0.05) is 6.42 Å². The molecule has 0 aromatic heterocycles. The summed E-state index contributed by atoms with van der Waals surface area (Å²) in [7, 11) is 0. The summed E-state index contributed by atoms with van der Waals surface area (Å²) in [6.45, 7) is 0. The molecule has 1 aliphatic carbocycles. The molecular weight excluding hydrogens is 212 g/mol. The number of rotatable bonds is 6. The number of carbonyl (C=O) groups is 1. The topological polar surface area (TPSA) is 37.3 Å². The van der Waals surface area contributed by atoms with Crippen LogP contribution in [0.1, 0.15) is 48.8 Å². The van der Waals surface area contributed by atoms with Crippen molar-refractivity contribution in [1.82, 2.24) is 0 Å². The van der Waals surface area contributed by atoms with Crippen molar-refractivity contribution in [2.24, 2.45) is 0 Å². The molecule has 0 unspecified atom stereocenters. The molecule has 92 valence electrons. The van der Waals surface area contributed by atoms with Crippen molar-refractivity contribution in [3.05, 3.63) is 34.9 Å². The normalized spacial score (nSPS) is 13.6. The van der Waals surface area contributed by atoms with Crippen molar-refractivity contribution in [3.63, 3.8) is 0 Å². The van der Waals surface area contributed by atoms with Gasteiger partial charge in [-0.05, 0) is 55.2 Å². The van der Waals surface area contributed by atoms with Crippen LogP contribution in [0.2, 0.25) is 0 Å². The molecule has 0 heterocycles. The van der Waals surface area contributed by atoms with Crippen LogP contribution in [0.15, 0.2) is 18.2 Å². The minimum atomic E-state index is -0.678. The number of hydrogen-bond donors (Lipinski definition) is 1. The molecule has 0 amide bonds. The fraction of sp³-hybridized carbons (Fsp3) is 0.533. The van der Waals surface area contributed by atoms with Crippen LogP contribution in [0, 0.1) is 0 Å². The highest BCUT2D eigenvalue weighted by Gasteiger charge is 2.10. The quantitative estimate of drug-likeness (QED) is 0.763. The lowest BCUT2D eigenvalue weighted by molar-refractivity contribution is -0.137. The first-order valence-corrected chi connectivity index (χ1v) is 6.58. The van der Waals surface area contributed by atoms with Gasteiger partial charge in [-0.15, -0.1) is 0 Å². The molecule has 0 radical (unpaired) electrons. The summed E-state index contributed by atoms with van der Waals surface area (Å²) in [4.78, 5) is 10.4. The Hall–Kier alpha value is -1.31. The Morgan fingerprint density at radius 3 is 2.76 bits per heavy atom. The second kappa shape index (κ2) is 5.85. The predicted molar refractivity (Wildman–Crippen MR) is 68.3 cm³/mol. The zero-order valence-electron chi connectivity index (χ0n) is 10.2. The minimum absolute atomic E-state index is 0.310. The van der Waals surface area contributed by atoms with Crippen molar-refractivity contribution in [2.75, 3.05) is 0 Å². The lowest BCUT2D eigenvalue weighted by Gasteiger charge is -2.04. The highest BCUT2D eigenvalue weighted by atomic mass is 16.4. The zero-order valence-corrected chi connectivity index (χ0v) is 10.2. The van der Waals surface area contributed by atoms with Gasteiger partial charge in [-0.3, -0.25) is 4.79 Å². The van der Waals surface area contributed by atoms with Crippen molar-refractivity contribution >= 4 is 5.97 Å². The zero-order chi connectivity index (χ0) is 12.1. The van der Waals surface area contributed by atoms with Crippen molar-refractivity contribution < 1.29 is 9.90 Å². The van der Waals surface area contributed by atoms with Gasteiger partial charge in [0.2, 0.25) is 0 Å². The summed E-state index contributed by atoms with van der Waals surface area (Å²) >= 11 is 0. The van der Waals surface area contributed by atoms with Crippen LogP contribution in [0.5, 0.6) is 0 Å². The van der Waals surface area contributed by atoms with Gasteiger partial charge in [-0.2, -0.15) is 0 Å². The molecule has 0 fully saturated rings. The van der Waals surface area contributed by atoms with Gasteiger partial charge in [0.25, 0.3) is 0 Å². The highest BCUT2D eigenvalue weighted by Crippen LogP contribution is 2.23. The van der Waals surface area contributed by atoms with Gasteiger partial charge in [-0.1, -0.05) is 24.6 Å². The number of aryl methyl sites for hydroxylation is 3. The number of carboxylic acids is 1. The van der Waals surface area contributed by atoms with Gasteiger partial charge in [0.15, 0.2) is 0 Å². The first-order chi connectivity index (χ1) is 8.25. The molecule has 2 rings (SSSR count). The van der Waals surface area contributed by atoms with E-state index in [2.05, 4.69) is 18.2 Å².